The first-order valence-electron chi connectivity index (χ1n) is 6.25. The van der Waals surface area contributed by atoms with Crippen LogP contribution in [0.2, 0.25) is 0 Å². The number of rotatable bonds is 3. The highest BCUT2D eigenvalue weighted by Crippen LogP contribution is 2.31. The van der Waals surface area contributed by atoms with Crippen molar-refractivity contribution < 1.29 is 4.74 Å². The molecular formula is C15H11ClN4O. The number of pyridine rings is 1. The van der Waals surface area contributed by atoms with Crippen LogP contribution in [0.1, 0.15) is 11.4 Å². The van der Waals surface area contributed by atoms with E-state index in [0.717, 1.165) is 11.0 Å². The largest absolute Gasteiger partial charge is 0.495 e. The van der Waals surface area contributed by atoms with Gasteiger partial charge in [-0.25, -0.2) is 4.98 Å². The van der Waals surface area contributed by atoms with Gasteiger partial charge in [-0.3, -0.25) is 9.55 Å². The Bertz CT molecular complexity index is 850. The highest BCUT2D eigenvalue weighted by atomic mass is 35.5. The van der Waals surface area contributed by atoms with E-state index in [4.69, 9.17) is 16.3 Å². The second-order valence-electron chi connectivity index (χ2n) is 4.33. The molecule has 0 aliphatic rings. The van der Waals surface area contributed by atoms with Crippen molar-refractivity contribution in [2.45, 2.75) is 5.88 Å². The Balaban J connectivity index is 2.43. The van der Waals surface area contributed by atoms with Crippen molar-refractivity contribution in [3.63, 3.8) is 0 Å². The zero-order valence-corrected chi connectivity index (χ0v) is 12.0. The molecule has 6 heteroatoms. The molecule has 21 heavy (non-hydrogen) atoms. The Kier molecular flexibility index (Phi) is 3.46. The summed E-state index contributed by atoms with van der Waals surface area (Å²) in [5.41, 5.74) is 2.70. The molecule has 0 unspecified atom stereocenters. The van der Waals surface area contributed by atoms with Gasteiger partial charge in [0.25, 0.3) is 0 Å². The Morgan fingerprint density at radius 2 is 2.24 bits per heavy atom. The van der Waals surface area contributed by atoms with Crippen LogP contribution < -0.4 is 4.74 Å². The third kappa shape index (κ3) is 2.10. The Morgan fingerprint density at radius 1 is 1.38 bits per heavy atom. The van der Waals surface area contributed by atoms with E-state index in [2.05, 4.69) is 16.0 Å². The topological polar surface area (TPSA) is 63.7 Å². The number of imidazole rings is 1. The summed E-state index contributed by atoms with van der Waals surface area (Å²) in [6.07, 6.45) is 3.35. The number of methoxy groups -OCH3 is 1. The highest BCUT2D eigenvalue weighted by Gasteiger charge is 2.18. The quantitative estimate of drug-likeness (QED) is 0.697. The molecule has 0 aliphatic carbocycles. The van der Waals surface area contributed by atoms with Gasteiger partial charge >= 0.3 is 0 Å². The molecule has 0 bridgehead atoms. The number of aromatic nitrogens is 3. The van der Waals surface area contributed by atoms with Crippen LogP contribution in [-0.2, 0) is 5.88 Å². The number of ether oxygens (including phenoxy) is 1. The molecule has 104 valence electrons. The number of hydrogen-bond acceptors (Lipinski definition) is 4. The molecule has 3 aromatic rings. The molecule has 0 atom stereocenters. The summed E-state index contributed by atoms with van der Waals surface area (Å²) < 4.78 is 7.25. The van der Waals surface area contributed by atoms with Gasteiger partial charge in [0.1, 0.15) is 28.8 Å². The monoisotopic (exact) mass is 298 g/mol. The number of halogens is 1. The third-order valence-corrected chi connectivity index (χ3v) is 3.45. The van der Waals surface area contributed by atoms with Crippen molar-refractivity contribution in [3.8, 4) is 17.5 Å². The molecule has 2 aromatic heterocycles. The molecule has 0 fully saturated rings. The standard InChI is InChI=1S/C15H11ClN4O/c1-21-13-4-2-3-10(8-17)15(13)20-12-5-6-18-9-11(12)19-14(20)7-16/h2-6,9H,7H2,1H3. The summed E-state index contributed by atoms with van der Waals surface area (Å²) in [5.74, 6) is 1.45. The van der Waals surface area contributed by atoms with Crippen LogP contribution in [0.5, 0.6) is 5.75 Å². The van der Waals surface area contributed by atoms with Crippen molar-refractivity contribution in [2.75, 3.05) is 7.11 Å². The van der Waals surface area contributed by atoms with Gasteiger partial charge in [-0.15, -0.1) is 11.6 Å². The zero-order chi connectivity index (χ0) is 14.8. The third-order valence-electron chi connectivity index (χ3n) is 3.21. The van der Waals surface area contributed by atoms with Crippen LogP contribution in [0.3, 0.4) is 0 Å². The first-order valence-corrected chi connectivity index (χ1v) is 6.78. The van der Waals surface area contributed by atoms with Gasteiger partial charge in [-0.05, 0) is 18.2 Å². The molecule has 0 N–H and O–H groups in total. The lowest BCUT2D eigenvalue weighted by molar-refractivity contribution is 0.412. The van der Waals surface area contributed by atoms with Gasteiger partial charge in [0.05, 0.1) is 30.3 Å². The minimum Gasteiger partial charge on any atom is -0.495 e. The molecule has 0 radical (unpaired) electrons. The molecule has 3 rings (SSSR count). The molecule has 5 nitrogen and oxygen atoms in total. The molecule has 0 aliphatic heterocycles. The summed E-state index contributed by atoms with van der Waals surface area (Å²) >= 11 is 6.02. The van der Waals surface area contributed by atoms with Crippen molar-refractivity contribution in [1.29, 1.82) is 5.26 Å². The lowest BCUT2D eigenvalue weighted by atomic mass is 10.1. The maximum Gasteiger partial charge on any atom is 0.144 e. The Labute approximate surface area is 126 Å². The maximum absolute atomic E-state index is 9.39. The van der Waals surface area contributed by atoms with Crippen LogP contribution in [0.15, 0.2) is 36.7 Å². The van der Waals surface area contributed by atoms with Crippen LogP contribution in [0.4, 0.5) is 0 Å². The predicted molar refractivity (Wildman–Crippen MR) is 79.7 cm³/mol. The van der Waals surface area contributed by atoms with Gasteiger partial charge in [-0.2, -0.15) is 5.26 Å². The van der Waals surface area contributed by atoms with Crippen LogP contribution >= 0.6 is 11.6 Å². The number of hydrogen-bond donors (Lipinski definition) is 0. The van der Waals surface area contributed by atoms with Crippen LogP contribution in [-0.4, -0.2) is 21.6 Å². The van der Waals surface area contributed by atoms with Crippen LogP contribution in [0.25, 0.3) is 16.7 Å². The number of nitriles is 1. The zero-order valence-electron chi connectivity index (χ0n) is 11.2. The van der Waals surface area contributed by atoms with Gasteiger partial charge in [0.15, 0.2) is 0 Å². The maximum atomic E-state index is 9.39. The number of fused-ring (bicyclic) bond motifs is 1. The number of benzene rings is 1. The Morgan fingerprint density at radius 3 is 2.95 bits per heavy atom. The molecule has 1 aromatic carbocycles. The molecule has 0 saturated carbocycles. The van der Waals surface area contributed by atoms with Gasteiger partial charge in [0, 0.05) is 6.20 Å². The fourth-order valence-electron chi connectivity index (χ4n) is 2.33. The normalized spacial score (nSPS) is 10.5. The summed E-state index contributed by atoms with van der Waals surface area (Å²) in [6, 6.07) is 9.35. The van der Waals surface area contributed by atoms with Crippen molar-refractivity contribution in [1.82, 2.24) is 14.5 Å². The van der Waals surface area contributed by atoms with Gasteiger partial charge in [-0.1, -0.05) is 6.07 Å². The molecule has 0 amide bonds. The summed E-state index contributed by atoms with van der Waals surface area (Å²) in [6.45, 7) is 0. The van der Waals surface area contributed by atoms with E-state index in [1.54, 1.807) is 37.7 Å². The van der Waals surface area contributed by atoms with E-state index >= 15 is 0 Å². The minimum atomic E-state index is 0.220. The lowest BCUT2D eigenvalue weighted by Gasteiger charge is -2.13. The number of para-hydroxylation sites is 1. The minimum absolute atomic E-state index is 0.220. The van der Waals surface area contributed by atoms with E-state index in [-0.39, 0.29) is 5.88 Å². The fraction of sp³-hybridized carbons (Fsp3) is 0.133. The summed E-state index contributed by atoms with van der Waals surface area (Å²) in [5, 5.41) is 9.39. The van der Waals surface area contributed by atoms with Gasteiger partial charge in [0.2, 0.25) is 0 Å². The van der Waals surface area contributed by atoms with E-state index in [9.17, 15) is 5.26 Å². The average Bonchev–Trinajstić information content (AvgIpc) is 2.92. The van der Waals surface area contributed by atoms with Crippen molar-refractivity contribution in [2.24, 2.45) is 0 Å². The van der Waals surface area contributed by atoms with E-state index < -0.39 is 0 Å². The second kappa shape index (κ2) is 5.43. The fourth-order valence-corrected chi connectivity index (χ4v) is 2.51. The highest BCUT2D eigenvalue weighted by molar-refractivity contribution is 6.17. The van der Waals surface area contributed by atoms with E-state index in [1.165, 1.54) is 0 Å². The first-order chi connectivity index (χ1) is 10.3. The first kappa shape index (κ1) is 13.4. The molecule has 2 heterocycles. The summed E-state index contributed by atoms with van der Waals surface area (Å²) in [7, 11) is 1.57. The van der Waals surface area contributed by atoms with Crippen LogP contribution in [0, 0.1) is 11.3 Å². The lowest BCUT2D eigenvalue weighted by Crippen LogP contribution is -2.04. The molecule has 0 spiro atoms. The smallest absolute Gasteiger partial charge is 0.144 e. The van der Waals surface area contributed by atoms with Gasteiger partial charge < -0.3 is 4.74 Å². The number of alkyl halides is 1. The average molecular weight is 299 g/mol. The van der Waals surface area contributed by atoms with Crippen molar-refractivity contribution >= 4 is 22.6 Å². The predicted octanol–water partition coefficient (Wildman–Crippen LogP) is 3.04. The second-order valence-corrected chi connectivity index (χ2v) is 4.60. The Hall–Kier alpha value is -2.58. The van der Waals surface area contributed by atoms with E-state index in [0.29, 0.717) is 22.8 Å². The molecule has 0 saturated heterocycles. The SMILES string of the molecule is COc1cccc(C#N)c1-n1c(CCl)nc2cnccc21. The summed E-state index contributed by atoms with van der Waals surface area (Å²) in [4.78, 5) is 8.53. The molecular weight excluding hydrogens is 288 g/mol. The van der Waals surface area contributed by atoms with E-state index in [1.807, 2.05) is 10.6 Å². The number of nitrogens with zero attached hydrogens (tertiary/aromatic N) is 4. The van der Waals surface area contributed by atoms with Crippen molar-refractivity contribution in [3.05, 3.63) is 48.0 Å².